The minimum absolute atomic E-state index is 0.0314. The Bertz CT molecular complexity index is 178. The number of ether oxygens (including phenoxy) is 1. The number of piperidine rings is 1. The molecule has 14 heavy (non-hydrogen) atoms. The number of hydrogen-bond donors (Lipinski definition) is 1. The van der Waals surface area contributed by atoms with Crippen molar-refractivity contribution in [2.24, 2.45) is 0 Å². The first-order valence-electron chi connectivity index (χ1n) is 5.85. The lowest BCUT2D eigenvalue weighted by Gasteiger charge is -2.45. The lowest BCUT2D eigenvalue weighted by atomic mass is 9.98. The second-order valence-corrected chi connectivity index (χ2v) is 4.75. The summed E-state index contributed by atoms with van der Waals surface area (Å²) in [6.07, 6.45) is 3.45. The molecule has 2 fully saturated rings. The maximum atomic E-state index is 5.90. The van der Waals surface area contributed by atoms with Gasteiger partial charge in [-0.1, -0.05) is 0 Å². The van der Waals surface area contributed by atoms with Crippen molar-refractivity contribution in [1.29, 1.82) is 0 Å². The average Bonchev–Trinajstić information content (AvgIpc) is 2.19. The third-order valence-corrected chi connectivity index (χ3v) is 3.48. The topological polar surface area (TPSA) is 24.5 Å². The molecule has 0 aromatic heterocycles. The average molecular weight is 198 g/mol. The molecule has 0 bridgehead atoms. The van der Waals surface area contributed by atoms with Crippen LogP contribution >= 0.6 is 0 Å². The number of nitrogens with one attached hydrogen (secondary N) is 1. The van der Waals surface area contributed by atoms with Crippen LogP contribution in [0.5, 0.6) is 0 Å². The molecule has 2 aliphatic rings. The fourth-order valence-corrected chi connectivity index (χ4v) is 2.43. The van der Waals surface area contributed by atoms with E-state index in [1.165, 1.54) is 13.1 Å². The van der Waals surface area contributed by atoms with Gasteiger partial charge >= 0.3 is 0 Å². The van der Waals surface area contributed by atoms with Crippen molar-refractivity contribution in [2.45, 2.75) is 44.9 Å². The van der Waals surface area contributed by atoms with Crippen molar-refractivity contribution < 1.29 is 4.74 Å². The highest BCUT2D eigenvalue weighted by molar-refractivity contribution is 4.88. The van der Waals surface area contributed by atoms with E-state index in [1.807, 2.05) is 0 Å². The predicted molar refractivity (Wildman–Crippen MR) is 57.2 cm³/mol. The Morgan fingerprint density at radius 1 is 1.29 bits per heavy atom. The molecule has 3 nitrogen and oxygen atoms in total. The minimum atomic E-state index is 0.0314. The van der Waals surface area contributed by atoms with Gasteiger partial charge in [0.05, 0.1) is 6.61 Å². The Kier molecular flexibility index (Phi) is 3.10. The molecule has 0 unspecified atom stereocenters. The normalized spacial score (nSPS) is 28.5. The Morgan fingerprint density at radius 2 is 2.00 bits per heavy atom. The fraction of sp³-hybridized carbons (Fsp3) is 1.00. The summed E-state index contributed by atoms with van der Waals surface area (Å²) >= 11 is 0. The maximum absolute atomic E-state index is 5.90. The Balaban J connectivity index is 1.87. The summed E-state index contributed by atoms with van der Waals surface area (Å²) < 4.78 is 5.90. The van der Waals surface area contributed by atoms with Gasteiger partial charge in [-0.3, -0.25) is 5.32 Å². The van der Waals surface area contributed by atoms with Crippen LogP contribution in [0, 0.1) is 0 Å². The van der Waals surface area contributed by atoms with Crippen molar-refractivity contribution in [3.05, 3.63) is 0 Å². The van der Waals surface area contributed by atoms with Gasteiger partial charge in [-0.05, 0) is 26.8 Å². The molecule has 2 aliphatic heterocycles. The summed E-state index contributed by atoms with van der Waals surface area (Å²) in [5.74, 6) is 0. The quantitative estimate of drug-likeness (QED) is 0.685. The van der Waals surface area contributed by atoms with Crippen LogP contribution in [0.4, 0.5) is 0 Å². The van der Waals surface area contributed by atoms with E-state index in [0.717, 1.165) is 32.4 Å². The number of nitrogens with zero attached hydrogens (tertiary/aromatic N) is 1. The summed E-state index contributed by atoms with van der Waals surface area (Å²) in [5.41, 5.74) is 0.0314. The Morgan fingerprint density at radius 3 is 2.50 bits per heavy atom. The van der Waals surface area contributed by atoms with Crippen LogP contribution in [-0.2, 0) is 4.74 Å². The first kappa shape index (κ1) is 10.4. The van der Waals surface area contributed by atoms with E-state index in [-0.39, 0.29) is 5.72 Å². The van der Waals surface area contributed by atoms with Gasteiger partial charge < -0.3 is 9.64 Å². The number of rotatable bonds is 1. The van der Waals surface area contributed by atoms with Crippen molar-refractivity contribution in [3.8, 4) is 0 Å². The van der Waals surface area contributed by atoms with Crippen molar-refractivity contribution in [1.82, 2.24) is 10.2 Å². The van der Waals surface area contributed by atoms with Gasteiger partial charge in [0.25, 0.3) is 0 Å². The minimum Gasteiger partial charge on any atom is -0.360 e. The van der Waals surface area contributed by atoms with Crippen molar-refractivity contribution >= 4 is 0 Å². The van der Waals surface area contributed by atoms with E-state index in [9.17, 15) is 0 Å². The van der Waals surface area contributed by atoms with Crippen molar-refractivity contribution in [2.75, 3.05) is 26.2 Å². The molecular formula is C11H22N2O. The third-order valence-electron chi connectivity index (χ3n) is 3.48. The van der Waals surface area contributed by atoms with Crippen LogP contribution in [0.1, 0.15) is 33.1 Å². The largest absolute Gasteiger partial charge is 0.360 e. The van der Waals surface area contributed by atoms with Crippen LogP contribution < -0.4 is 5.32 Å². The first-order valence-corrected chi connectivity index (χ1v) is 5.85. The van der Waals surface area contributed by atoms with Crippen LogP contribution in [0.25, 0.3) is 0 Å². The molecule has 1 N–H and O–H groups in total. The fourth-order valence-electron chi connectivity index (χ4n) is 2.43. The molecule has 0 aromatic carbocycles. The molecule has 0 saturated carbocycles. The van der Waals surface area contributed by atoms with Crippen LogP contribution in [-0.4, -0.2) is 42.9 Å². The highest BCUT2D eigenvalue weighted by Gasteiger charge is 2.36. The zero-order valence-electron chi connectivity index (χ0n) is 9.38. The van der Waals surface area contributed by atoms with Gasteiger partial charge in [-0.25, -0.2) is 0 Å². The highest BCUT2D eigenvalue weighted by Crippen LogP contribution is 2.26. The summed E-state index contributed by atoms with van der Waals surface area (Å²) in [5, 5.41) is 3.55. The van der Waals surface area contributed by atoms with E-state index in [2.05, 4.69) is 24.1 Å². The van der Waals surface area contributed by atoms with E-state index in [1.54, 1.807) is 0 Å². The van der Waals surface area contributed by atoms with Crippen LogP contribution in [0.15, 0.2) is 0 Å². The lowest BCUT2D eigenvalue weighted by Crippen LogP contribution is -2.58. The summed E-state index contributed by atoms with van der Waals surface area (Å²) in [6, 6.07) is 0.677. The molecule has 0 atom stereocenters. The third kappa shape index (κ3) is 2.10. The standard InChI is InChI=1S/C11H22N2O/c1-10(2)13-7-4-11(5-8-13)12-6-3-9-14-11/h10,12H,3-9H2,1-2H3. The monoisotopic (exact) mass is 198 g/mol. The first-order chi connectivity index (χ1) is 6.72. The molecule has 0 aliphatic carbocycles. The number of likely N-dealkylation sites (tertiary alicyclic amines) is 1. The lowest BCUT2D eigenvalue weighted by molar-refractivity contribution is -0.129. The van der Waals surface area contributed by atoms with Gasteiger partial charge in [-0.2, -0.15) is 0 Å². The Labute approximate surface area is 86.8 Å². The summed E-state index contributed by atoms with van der Waals surface area (Å²) in [6.45, 7) is 8.95. The second kappa shape index (κ2) is 4.17. The van der Waals surface area contributed by atoms with Crippen LogP contribution in [0.3, 0.4) is 0 Å². The van der Waals surface area contributed by atoms with E-state index in [4.69, 9.17) is 4.74 Å². The molecule has 2 heterocycles. The smallest absolute Gasteiger partial charge is 0.121 e. The molecule has 3 heteroatoms. The summed E-state index contributed by atoms with van der Waals surface area (Å²) in [7, 11) is 0. The SMILES string of the molecule is CC(C)N1CCC2(CC1)NCCCO2. The van der Waals surface area contributed by atoms with Crippen LogP contribution in [0.2, 0.25) is 0 Å². The second-order valence-electron chi connectivity index (χ2n) is 4.75. The molecule has 0 radical (unpaired) electrons. The van der Waals surface area contributed by atoms with Gasteiger partial charge in [-0.15, -0.1) is 0 Å². The predicted octanol–water partition coefficient (Wildman–Crippen LogP) is 1.20. The highest BCUT2D eigenvalue weighted by atomic mass is 16.5. The zero-order valence-corrected chi connectivity index (χ0v) is 9.38. The molecule has 0 aromatic rings. The molecule has 2 saturated heterocycles. The van der Waals surface area contributed by atoms with Gasteiger partial charge in [0.1, 0.15) is 5.72 Å². The molecule has 82 valence electrons. The number of hydrogen-bond acceptors (Lipinski definition) is 3. The molecule has 1 spiro atoms. The van der Waals surface area contributed by atoms with E-state index in [0.29, 0.717) is 6.04 Å². The van der Waals surface area contributed by atoms with Gasteiger partial charge in [0.2, 0.25) is 0 Å². The molecule has 2 rings (SSSR count). The maximum Gasteiger partial charge on any atom is 0.121 e. The molecular weight excluding hydrogens is 176 g/mol. The van der Waals surface area contributed by atoms with E-state index >= 15 is 0 Å². The van der Waals surface area contributed by atoms with Gasteiger partial charge in [0, 0.05) is 32.0 Å². The molecule has 0 amide bonds. The van der Waals surface area contributed by atoms with E-state index < -0.39 is 0 Å². The Hall–Kier alpha value is -0.120. The van der Waals surface area contributed by atoms with Gasteiger partial charge in [0.15, 0.2) is 0 Å². The van der Waals surface area contributed by atoms with Crippen molar-refractivity contribution in [3.63, 3.8) is 0 Å². The summed E-state index contributed by atoms with van der Waals surface area (Å²) in [4.78, 5) is 2.53. The zero-order chi connectivity index (χ0) is 10.0.